The second-order valence-electron chi connectivity index (χ2n) is 7.24. The Labute approximate surface area is 198 Å². The van der Waals surface area contributed by atoms with Gasteiger partial charge in [-0.25, -0.2) is 8.42 Å². The van der Waals surface area contributed by atoms with Gasteiger partial charge in [0.2, 0.25) is 0 Å². The molecule has 0 radical (unpaired) electrons. The summed E-state index contributed by atoms with van der Waals surface area (Å²) in [4.78, 5) is 16.8. The van der Waals surface area contributed by atoms with E-state index in [1.54, 1.807) is 24.4 Å². The standard InChI is InChI=1S/C23H26N4O4S2/c1-3-12-31-20-9-8-16(13-21(20)33(29,30)27-23(32)24-2)10-11-25-22(28)18-14-17-6-4-5-7-19(17)26-15-18/h4-9,13-15H,3,10-12H2,1-2H3,(H,25,28)(H2,24,27,32). The minimum Gasteiger partial charge on any atom is -0.492 e. The number of amides is 1. The van der Waals surface area contributed by atoms with E-state index in [0.29, 0.717) is 25.1 Å². The van der Waals surface area contributed by atoms with Crippen LogP contribution in [0.1, 0.15) is 29.3 Å². The van der Waals surface area contributed by atoms with Crippen LogP contribution in [-0.4, -0.2) is 44.6 Å². The van der Waals surface area contributed by atoms with E-state index < -0.39 is 10.0 Å². The van der Waals surface area contributed by atoms with E-state index in [0.717, 1.165) is 22.9 Å². The van der Waals surface area contributed by atoms with Crippen LogP contribution >= 0.6 is 12.2 Å². The number of ether oxygens (including phenoxy) is 1. The molecule has 10 heteroatoms. The molecule has 0 atom stereocenters. The van der Waals surface area contributed by atoms with Gasteiger partial charge in [-0.3, -0.25) is 14.5 Å². The number of para-hydroxylation sites is 1. The third-order valence-corrected chi connectivity index (χ3v) is 6.57. The van der Waals surface area contributed by atoms with Gasteiger partial charge in [-0.05, 0) is 54.9 Å². The van der Waals surface area contributed by atoms with Crippen molar-refractivity contribution in [2.45, 2.75) is 24.7 Å². The number of fused-ring (bicyclic) bond motifs is 1. The molecule has 1 amide bonds. The summed E-state index contributed by atoms with van der Waals surface area (Å²) < 4.78 is 33.6. The highest BCUT2D eigenvalue weighted by Crippen LogP contribution is 2.25. The summed E-state index contributed by atoms with van der Waals surface area (Å²) in [5, 5.41) is 6.31. The Morgan fingerprint density at radius 3 is 2.70 bits per heavy atom. The van der Waals surface area contributed by atoms with Gasteiger partial charge in [-0.2, -0.15) is 0 Å². The topological polar surface area (TPSA) is 109 Å². The van der Waals surface area contributed by atoms with Gasteiger partial charge in [0.1, 0.15) is 10.6 Å². The first-order chi connectivity index (χ1) is 15.8. The lowest BCUT2D eigenvalue weighted by Gasteiger charge is -2.15. The van der Waals surface area contributed by atoms with Gasteiger partial charge in [-0.1, -0.05) is 31.2 Å². The van der Waals surface area contributed by atoms with Crippen molar-refractivity contribution < 1.29 is 17.9 Å². The molecular formula is C23H26N4O4S2. The van der Waals surface area contributed by atoms with Crippen LogP contribution in [0.4, 0.5) is 0 Å². The van der Waals surface area contributed by atoms with Crippen molar-refractivity contribution in [1.29, 1.82) is 0 Å². The van der Waals surface area contributed by atoms with E-state index in [1.165, 1.54) is 13.1 Å². The Balaban J connectivity index is 1.72. The lowest BCUT2D eigenvalue weighted by Crippen LogP contribution is -2.37. The molecule has 2 aromatic carbocycles. The number of benzene rings is 2. The molecule has 3 N–H and O–H groups in total. The highest BCUT2D eigenvalue weighted by Gasteiger charge is 2.21. The molecule has 0 unspecified atom stereocenters. The van der Waals surface area contributed by atoms with Gasteiger partial charge in [0.25, 0.3) is 15.9 Å². The van der Waals surface area contributed by atoms with Crippen molar-refractivity contribution in [3.8, 4) is 5.75 Å². The molecule has 0 aliphatic rings. The summed E-state index contributed by atoms with van der Waals surface area (Å²) >= 11 is 4.95. The average Bonchev–Trinajstić information content (AvgIpc) is 2.82. The number of hydrogen-bond acceptors (Lipinski definition) is 6. The van der Waals surface area contributed by atoms with Crippen molar-refractivity contribution in [2.24, 2.45) is 0 Å². The molecular weight excluding hydrogens is 460 g/mol. The number of sulfonamides is 1. The van der Waals surface area contributed by atoms with Crippen molar-refractivity contribution in [3.63, 3.8) is 0 Å². The van der Waals surface area contributed by atoms with Gasteiger partial charge in [0.15, 0.2) is 5.11 Å². The Kier molecular flexibility index (Phi) is 8.18. The molecule has 33 heavy (non-hydrogen) atoms. The summed E-state index contributed by atoms with van der Waals surface area (Å²) in [6.45, 7) is 2.64. The molecule has 1 heterocycles. The fraction of sp³-hybridized carbons (Fsp3) is 0.261. The van der Waals surface area contributed by atoms with Gasteiger partial charge in [-0.15, -0.1) is 0 Å². The van der Waals surface area contributed by atoms with Crippen LogP contribution in [0.2, 0.25) is 0 Å². The fourth-order valence-corrected chi connectivity index (χ4v) is 4.58. The van der Waals surface area contributed by atoms with Crippen molar-refractivity contribution in [1.82, 2.24) is 20.3 Å². The number of thiocarbonyl (C=S) groups is 1. The number of aromatic nitrogens is 1. The van der Waals surface area contributed by atoms with Crippen LogP contribution in [0.5, 0.6) is 5.75 Å². The van der Waals surface area contributed by atoms with Crippen molar-refractivity contribution >= 4 is 44.2 Å². The Bertz CT molecular complexity index is 1260. The van der Waals surface area contributed by atoms with E-state index in [9.17, 15) is 13.2 Å². The molecule has 8 nitrogen and oxygen atoms in total. The first-order valence-corrected chi connectivity index (χ1v) is 12.4. The number of carbonyl (C=O) groups excluding carboxylic acids is 1. The maximum Gasteiger partial charge on any atom is 0.267 e. The average molecular weight is 487 g/mol. The van der Waals surface area contributed by atoms with Gasteiger partial charge in [0.05, 0.1) is 17.7 Å². The number of hydrogen-bond donors (Lipinski definition) is 3. The number of rotatable bonds is 9. The molecule has 1 aromatic heterocycles. The third kappa shape index (κ3) is 6.39. The van der Waals surface area contributed by atoms with Gasteiger partial charge < -0.3 is 15.4 Å². The smallest absolute Gasteiger partial charge is 0.267 e. The summed E-state index contributed by atoms with van der Waals surface area (Å²) in [5.41, 5.74) is 2.01. The zero-order valence-corrected chi connectivity index (χ0v) is 20.1. The molecule has 0 saturated heterocycles. The van der Waals surface area contributed by atoms with Crippen LogP contribution in [0.15, 0.2) is 59.6 Å². The fourth-order valence-electron chi connectivity index (χ4n) is 3.09. The molecule has 0 aliphatic heterocycles. The van der Waals surface area contributed by atoms with Crippen LogP contribution in [0.3, 0.4) is 0 Å². The maximum absolute atomic E-state index is 12.8. The highest BCUT2D eigenvalue weighted by molar-refractivity contribution is 7.92. The van der Waals surface area contributed by atoms with E-state index >= 15 is 0 Å². The van der Waals surface area contributed by atoms with E-state index in [-0.39, 0.29) is 21.7 Å². The first-order valence-electron chi connectivity index (χ1n) is 10.5. The minimum absolute atomic E-state index is 0.00361. The zero-order valence-electron chi connectivity index (χ0n) is 18.4. The van der Waals surface area contributed by atoms with Crippen LogP contribution < -0.4 is 20.1 Å². The van der Waals surface area contributed by atoms with E-state index in [1.807, 2.05) is 31.2 Å². The Morgan fingerprint density at radius 1 is 1.15 bits per heavy atom. The first kappa shape index (κ1) is 24.4. The number of nitrogens with zero attached hydrogens (tertiary/aromatic N) is 1. The predicted octanol–water partition coefficient (Wildman–Crippen LogP) is 2.78. The predicted molar refractivity (Wildman–Crippen MR) is 132 cm³/mol. The normalized spacial score (nSPS) is 11.1. The van der Waals surface area contributed by atoms with Crippen molar-refractivity contribution in [3.05, 3.63) is 65.9 Å². The molecule has 174 valence electrons. The molecule has 0 aliphatic carbocycles. The van der Waals surface area contributed by atoms with Crippen molar-refractivity contribution in [2.75, 3.05) is 20.2 Å². The van der Waals surface area contributed by atoms with Crippen LogP contribution in [0, 0.1) is 0 Å². The second-order valence-corrected chi connectivity index (χ2v) is 9.30. The molecule has 0 fully saturated rings. The summed E-state index contributed by atoms with van der Waals surface area (Å²) in [6.07, 6.45) is 2.71. The van der Waals surface area contributed by atoms with Gasteiger partial charge >= 0.3 is 0 Å². The van der Waals surface area contributed by atoms with Crippen LogP contribution in [-0.2, 0) is 16.4 Å². The van der Waals surface area contributed by atoms with Gasteiger partial charge in [0, 0.05) is 25.2 Å². The van der Waals surface area contributed by atoms with E-state index in [2.05, 4.69) is 20.3 Å². The molecule has 0 spiro atoms. The summed E-state index contributed by atoms with van der Waals surface area (Å²) in [5.74, 6) is 0.00306. The number of carbonyl (C=O) groups is 1. The third-order valence-electron chi connectivity index (χ3n) is 4.77. The lowest BCUT2D eigenvalue weighted by atomic mass is 10.1. The summed E-state index contributed by atoms with van der Waals surface area (Å²) in [6, 6.07) is 14.3. The lowest BCUT2D eigenvalue weighted by molar-refractivity contribution is 0.0954. The second kappa shape index (κ2) is 11.1. The number of pyridine rings is 1. The Hall–Kier alpha value is -3.24. The number of nitrogens with one attached hydrogen (secondary N) is 3. The largest absolute Gasteiger partial charge is 0.492 e. The Morgan fingerprint density at radius 2 is 1.94 bits per heavy atom. The maximum atomic E-state index is 12.8. The minimum atomic E-state index is -3.93. The SMILES string of the molecule is CCCOc1ccc(CCNC(=O)c2cnc3ccccc3c2)cc1S(=O)(=O)NC(=S)NC. The van der Waals surface area contributed by atoms with Crippen LogP contribution in [0.25, 0.3) is 10.9 Å². The summed E-state index contributed by atoms with van der Waals surface area (Å²) in [7, 11) is -2.40. The molecule has 0 bridgehead atoms. The molecule has 0 saturated carbocycles. The van der Waals surface area contributed by atoms with E-state index in [4.69, 9.17) is 17.0 Å². The highest BCUT2D eigenvalue weighted by atomic mass is 32.2. The zero-order chi connectivity index (χ0) is 23.8. The quantitative estimate of drug-likeness (QED) is 0.399. The molecule has 3 aromatic rings. The molecule has 3 rings (SSSR count). The monoisotopic (exact) mass is 486 g/mol.